The van der Waals surface area contributed by atoms with Crippen molar-refractivity contribution in [1.29, 1.82) is 0 Å². The third-order valence-corrected chi connectivity index (χ3v) is 4.20. The number of nitrogens with zero attached hydrogens (tertiary/aromatic N) is 2. The Morgan fingerprint density at radius 3 is 2.91 bits per heavy atom. The van der Waals surface area contributed by atoms with Crippen molar-refractivity contribution >= 4 is 43.6 Å². The molecule has 0 bridgehead atoms. The number of pyridine rings is 1. The Bertz CT molecular complexity index is 956. The second kappa shape index (κ2) is 5.42. The molecule has 2 N–H and O–H groups in total. The quantitative estimate of drug-likeness (QED) is 0.571. The summed E-state index contributed by atoms with van der Waals surface area (Å²) < 4.78 is 1.04. The van der Waals surface area contributed by atoms with Crippen LogP contribution in [0.2, 0.25) is 0 Å². The summed E-state index contributed by atoms with van der Waals surface area (Å²) >= 11 is 3.47. The van der Waals surface area contributed by atoms with Crippen molar-refractivity contribution in [3.8, 4) is 0 Å². The first-order chi connectivity index (χ1) is 10.8. The Morgan fingerprint density at radius 2 is 1.95 bits per heavy atom. The van der Waals surface area contributed by atoms with Gasteiger partial charge in [0, 0.05) is 28.0 Å². The van der Waals surface area contributed by atoms with Crippen molar-refractivity contribution in [3.63, 3.8) is 0 Å². The highest BCUT2D eigenvalue weighted by Crippen LogP contribution is 2.25. The summed E-state index contributed by atoms with van der Waals surface area (Å²) in [6.07, 6.45) is 1.85. The van der Waals surface area contributed by atoms with Gasteiger partial charge in [0.1, 0.15) is 0 Å². The van der Waals surface area contributed by atoms with Crippen LogP contribution in [0.15, 0.2) is 59.2 Å². The van der Waals surface area contributed by atoms with Crippen LogP contribution in [0, 0.1) is 0 Å². The van der Waals surface area contributed by atoms with E-state index in [4.69, 9.17) is 0 Å². The number of hydrogen-bond donors (Lipinski definition) is 2. The molecule has 2 heterocycles. The number of aromatic amines is 1. The summed E-state index contributed by atoms with van der Waals surface area (Å²) in [5.41, 5.74) is 3.23. The minimum Gasteiger partial charge on any atom is -0.364 e. The van der Waals surface area contributed by atoms with E-state index in [2.05, 4.69) is 48.6 Å². The largest absolute Gasteiger partial charge is 0.364 e. The molecule has 2 aromatic carbocycles. The van der Waals surface area contributed by atoms with E-state index >= 15 is 0 Å². The normalized spacial score (nSPS) is 11.1. The standard InChI is InChI=1S/C17H13BrN4/c18-12-5-6-14-16(9-12)21-22-17(14)20-10-11-7-8-19-15-4-2-1-3-13(11)15/h1-9H,10H2,(H2,20,21,22). The Balaban J connectivity index is 1.66. The lowest BCUT2D eigenvalue weighted by molar-refractivity contribution is 1.07. The van der Waals surface area contributed by atoms with Crippen molar-refractivity contribution < 1.29 is 0 Å². The van der Waals surface area contributed by atoms with E-state index in [1.807, 2.05) is 42.6 Å². The number of para-hydroxylation sites is 1. The number of anilines is 1. The molecule has 0 atom stereocenters. The van der Waals surface area contributed by atoms with Crippen molar-refractivity contribution in [1.82, 2.24) is 15.2 Å². The van der Waals surface area contributed by atoms with E-state index in [9.17, 15) is 0 Å². The second-order valence-corrected chi connectivity index (χ2v) is 6.02. The van der Waals surface area contributed by atoms with E-state index in [0.29, 0.717) is 6.54 Å². The van der Waals surface area contributed by atoms with Gasteiger partial charge in [-0.15, -0.1) is 0 Å². The second-order valence-electron chi connectivity index (χ2n) is 5.10. The van der Waals surface area contributed by atoms with Gasteiger partial charge in [0.25, 0.3) is 0 Å². The smallest absolute Gasteiger partial charge is 0.155 e. The van der Waals surface area contributed by atoms with E-state index in [-0.39, 0.29) is 0 Å². The highest BCUT2D eigenvalue weighted by atomic mass is 79.9. The van der Waals surface area contributed by atoms with Crippen molar-refractivity contribution in [3.05, 3.63) is 64.8 Å². The summed E-state index contributed by atoms with van der Waals surface area (Å²) in [5, 5.41) is 13.1. The lowest BCUT2D eigenvalue weighted by Crippen LogP contribution is -2.01. The monoisotopic (exact) mass is 352 g/mol. The van der Waals surface area contributed by atoms with Crippen LogP contribution in [0.25, 0.3) is 21.8 Å². The van der Waals surface area contributed by atoms with Crippen molar-refractivity contribution in [2.75, 3.05) is 5.32 Å². The minimum atomic E-state index is 0.707. The zero-order valence-corrected chi connectivity index (χ0v) is 13.3. The molecule has 22 heavy (non-hydrogen) atoms. The number of halogens is 1. The SMILES string of the molecule is Brc1ccc2c(NCc3ccnc4ccccc34)n[nH]c2c1. The zero-order valence-electron chi connectivity index (χ0n) is 11.7. The van der Waals surface area contributed by atoms with E-state index in [1.54, 1.807) is 0 Å². The molecule has 4 nitrogen and oxygen atoms in total. The maximum atomic E-state index is 4.39. The van der Waals surface area contributed by atoms with E-state index < -0.39 is 0 Å². The van der Waals surface area contributed by atoms with Gasteiger partial charge in [-0.25, -0.2) is 0 Å². The average Bonchev–Trinajstić information content (AvgIpc) is 2.95. The molecule has 0 aliphatic carbocycles. The Morgan fingerprint density at radius 1 is 1.05 bits per heavy atom. The van der Waals surface area contributed by atoms with Gasteiger partial charge in [-0.2, -0.15) is 5.10 Å². The fourth-order valence-corrected chi connectivity index (χ4v) is 2.98. The van der Waals surface area contributed by atoms with Gasteiger partial charge in [-0.05, 0) is 35.9 Å². The van der Waals surface area contributed by atoms with Gasteiger partial charge >= 0.3 is 0 Å². The first kappa shape index (κ1) is 13.3. The van der Waals surface area contributed by atoms with Gasteiger partial charge in [-0.1, -0.05) is 34.1 Å². The fourth-order valence-electron chi connectivity index (χ4n) is 2.61. The van der Waals surface area contributed by atoms with Crippen LogP contribution in [0.4, 0.5) is 5.82 Å². The first-order valence-corrected chi connectivity index (χ1v) is 7.81. The highest BCUT2D eigenvalue weighted by Gasteiger charge is 2.07. The van der Waals surface area contributed by atoms with Gasteiger partial charge < -0.3 is 5.32 Å². The third-order valence-electron chi connectivity index (χ3n) is 3.71. The van der Waals surface area contributed by atoms with Gasteiger partial charge in [0.15, 0.2) is 5.82 Å². The van der Waals surface area contributed by atoms with Crippen LogP contribution < -0.4 is 5.32 Å². The lowest BCUT2D eigenvalue weighted by atomic mass is 10.1. The molecule has 0 amide bonds. The van der Waals surface area contributed by atoms with E-state index in [0.717, 1.165) is 26.7 Å². The minimum absolute atomic E-state index is 0.707. The summed E-state index contributed by atoms with van der Waals surface area (Å²) in [7, 11) is 0. The van der Waals surface area contributed by atoms with Crippen molar-refractivity contribution in [2.45, 2.75) is 6.54 Å². The molecule has 0 fully saturated rings. The first-order valence-electron chi connectivity index (χ1n) is 7.01. The summed E-state index contributed by atoms with van der Waals surface area (Å²) in [6, 6.07) is 16.3. The molecular weight excluding hydrogens is 340 g/mol. The van der Waals surface area contributed by atoms with Gasteiger partial charge in [0.2, 0.25) is 0 Å². The number of nitrogens with one attached hydrogen (secondary N) is 2. The summed E-state index contributed by atoms with van der Waals surface area (Å²) in [6.45, 7) is 0.707. The van der Waals surface area contributed by atoms with Crippen LogP contribution >= 0.6 is 15.9 Å². The number of aromatic nitrogens is 3. The predicted molar refractivity (Wildman–Crippen MR) is 92.9 cm³/mol. The molecule has 0 aliphatic rings. The summed E-state index contributed by atoms with van der Waals surface area (Å²) in [4.78, 5) is 4.39. The molecule has 0 aliphatic heterocycles. The van der Waals surface area contributed by atoms with Crippen LogP contribution in [0.1, 0.15) is 5.56 Å². The third kappa shape index (κ3) is 2.33. The number of benzene rings is 2. The van der Waals surface area contributed by atoms with Crippen LogP contribution in [0.5, 0.6) is 0 Å². The van der Waals surface area contributed by atoms with Crippen molar-refractivity contribution in [2.24, 2.45) is 0 Å². The Hall–Kier alpha value is -2.40. The highest BCUT2D eigenvalue weighted by molar-refractivity contribution is 9.10. The molecule has 2 aromatic heterocycles. The number of rotatable bonds is 3. The molecule has 5 heteroatoms. The number of fused-ring (bicyclic) bond motifs is 2. The maximum Gasteiger partial charge on any atom is 0.155 e. The molecule has 108 valence electrons. The number of hydrogen-bond acceptors (Lipinski definition) is 3. The lowest BCUT2D eigenvalue weighted by Gasteiger charge is -2.07. The summed E-state index contributed by atoms with van der Waals surface area (Å²) in [5.74, 6) is 0.864. The van der Waals surface area contributed by atoms with Crippen LogP contribution in [-0.2, 0) is 6.54 Å². The fraction of sp³-hybridized carbons (Fsp3) is 0.0588. The van der Waals surface area contributed by atoms with Crippen LogP contribution in [0.3, 0.4) is 0 Å². The molecule has 0 saturated heterocycles. The zero-order chi connectivity index (χ0) is 14.9. The molecule has 0 unspecified atom stereocenters. The molecule has 4 aromatic rings. The Kier molecular flexibility index (Phi) is 3.27. The average molecular weight is 353 g/mol. The molecular formula is C17H13BrN4. The maximum absolute atomic E-state index is 4.39. The molecule has 4 rings (SSSR count). The molecule has 0 spiro atoms. The number of H-pyrrole nitrogens is 1. The molecule has 0 radical (unpaired) electrons. The Labute approximate surface area is 135 Å². The van der Waals surface area contributed by atoms with Gasteiger partial charge in [0.05, 0.1) is 11.0 Å². The predicted octanol–water partition coefficient (Wildman–Crippen LogP) is 4.49. The van der Waals surface area contributed by atoms with E-state index in [1.165, 1.54) is 10.9 Å². The molecule has 0 saturated carbocycles. The van der Waals surface area contributed by atoms with Crippen LogP contribution in [-0.4, -0.2) is 15.2 Å². The van der Waals surface area contributed by atoms with Gasteiger partial charge in [-0.3, -0.25) is 10.1 Å². The topological polar surface area (TPSA) is 53.6 Å².